The molecule has 0 atom stereocenters. The average Bonchev–Trinajstić information content (AvgIpc) is 3.31. The highest BCUT2D eigenvalue weighted by molar-refractivity contribution is 7.91. The van der Waals surface area contributed by atoms with Crippen molar-refractivity contribution in [2.75, 3.05) is 51.1 Å². The summed E-state index contributed by atoms with van der Waals surface area (Å²) in [6.07, 6.45) is 0.167. The number of hydrogen-bond donors (Lipinski definition) is 0. The average molecular weight is 574 g/mol. The lowest BCUT2D eigenvalue weighted by Crippen LogP contribution is -2.38. The molecule has 0 bridgehead atoms. The van der Waals surface area contributed by atoms with Crippen LogP contribution in [-0.4, -0.2) is 70.4 Å². The molecule has 0 saturated carbocycles. The Hall–Kier alpha value is -2.47. The summed E-state index contributed by atoms with van der Waals surface area (Å²) < 4.78 is 50.1. The highest BCUT2D eigenvalue weighted by Gasteiger charge is 2.24. The third-order valence-electron chi connectivity index (χ3n) is 5.94. The lowest BCUT2D eigenvalue weighted by molar-refractivity contribution is -0.118. The number of likely N-dealkylation sites (N-methyl/N-ethyl adjacent to an activating group) is 1. The van der Waals surface area contributed by atoms with Crippen molar-refractivity contribution in [1.29, 1.82) is 0 Å². The van der Waals surface area contributed by atoms with E-state index in [4.69, 9.17) is 14.5 Å². The number of hydrogen-bond acceptors (Lipinski definition) is 8. The third-order valence-corrected chi connectivity index (χ3v) is 8.85. The summed E-state index contributed by atoms with van der Waals surface area (Å²) in [5, 5.41) is 0.506. The maximum atomic E-state index is 13.4. The molecule has 0 N–H and O–H groups in total. The second kappa shape index (κ2) is 13.9. The fourth-order valence-electron chi connectivity index (χ4n) is 3.81. The molecule has 0 aliphatic heterocycles. The van der Waals surface area contributed by atoms with E-state index in [0.29, 0.717) is 35.2 Å². The van der Waals surface area contributed by atoms with Crippen molar-refractivity contribution in [3.05, 3.63) is 42.2 Å². The molecule has 0 radical (unpaired) electrons. The molecule has 12 heteroatoms. The van der Waals surface area contributed by atoms with Crippen LogP contribution in [0.1, 0.15) is 26.7 Å². The van der Waals surface area contributed by atoms with Gasteiger partial charge in [0, 0.05) is 19.5 Å². The Morgan fingerprint density at radius 2 is 1.62 bits per heavy atom. The third kappa shape index (κ3) is 7.53. The van der Waals surface area contributed by atoms with Crippen LogP contribution in [-0.2, 0) is 14.6 Å². The minimum atomic E-state index is -3.63. The van der Waals surface area contributed by atoms with Crippen LogP contribution in [0.25, 0.3) is 10.2 Å². The van der Waals surface area contributed by atoms with Crippen molar-refractivity contribution in [3.8, 4) is 11.5 Å². The van der Waals surface area contributed by atoms with Crippen LogP contribution in [0.2, 0.25) is 0 Å². The minimum Gasteiger partial charge on any atom is -0.495 e. The van der Waals surface area contributed by atoms with Gasteiger partial charge in [0.1, 0.15) is 27.5 Å². The first kappa shape index (κ1) is 30.8. The Morgan fingerprint density at radius 3 is 2.22 bits per heavy atom. The topological polar surface area (TPSA) is 89.0 Å². The lowest BCUT2D eigenvalue weighted by Gasteiger charge is -2.24. The number of amides is 1. The van der Waals surface area contributed by atoms with E-state index >= 15 is 0 Å². The highest BCUT2D eigenvalue weighted by atomic mass is 35.5. The molecule has 1 aromatic heterocycles. The Balaban J connectivity index is 0.00000481. The fourth-order valence-corrected chi connectivity index (χ4v) is 6.23. The van der Waals surface area contributed by atoms with Gasteiger partial charge in [-0.1, -0.05) is 25.2 Å². The minimum absolute atomic E-state index is 0. The molecule has 3 rings (SSSR count). The first-order valence-corrected chi connectivity index (χ1v) is 14.2. The van der Waals surface area contributed by atoms with E-state index in [0.717, 1.165) is 29.9 Å². The van der Waals surface area contributed by atoms with Gasteiger partial charge in [0.25, 0.3) is 0 Å². The second-order valence-electron chi connectivity index (χ2n) is 8.09. The molecular weight excluding hydrogens is 541 g/mol. The number of rotatable bonds is 13. The van der Waals surface area contributed by atoms with Gasteiger partial charge in [-0.3, -0.25) is 9.69 Å². The smallest absolute Gasteiger partial charge is 0.228 e. The summed E-state index contributed by atoms with van der Waals surface area (Å²) >= 11 is 1.34. The molecule has 1 amide bonds. The fraction of sp³-hybridized carbons (Fsp3) is 0.440. The normalized spacial score (nSPS) is 11.4. The van der Waals surface area contributed by atoms with Crippen LogP contribution in [0.4, 0.5) is 9.52 Å². The number of methoxy groups -OCH3 is 2. The van der Waals surface area contributed by atoms with Gasteiger partial charge in [-0.15, -0.1) is 12.4 Å². The summed E-state index contributed by atoms with van der Waals surface area (Å²) in [6.45, 7) is 6.87. The van der Waals surface area contributed by atoms with Gasteiger partial charge in [-0.25, -0.2) is 17.8 Å². The van der Waals surface area contributed by atoms with Gasteiger partial charge in [-0.05, 0) is 55.9 Å². The van der Waals surface area contributed by atoms with Crippen LogP contribution in [0.3, 0.4) is 0 Å². The molecule has 1 heterocycles. The molecular formula is C25H33ClFN3O5S2. The van der Waals surface area contributed by atoms with Crippen LogP contribution in [0.15, 0.2) is 41.3 Å². The quantitative estimate of drug-likeness (QED) is 0.271. The molecule has 204 valence electrons. The first-order valence-electron chi connectivity index (χ1n) is 11.8. The Kier molecular flexibility index (Phi) is 11.5. The van der Waals surface area contributed by atoms with Crippen LogP contribution >= 0.6 is 23.7 Å². The molecule has 0 aliphatic rings. The summed E-state index contributed by atoms with van der Waals surface area (Å²) in [7, 11) is -0.491. The number of benzene rings is 2. The summed E-state index contributed by atoms with van der Waals surface area (Å²) in [4.78, 5) is 21.9. The zero-order valence-electron chi connectivity index (χ0n) is 21.4. The van der Waals surface area contributed by atoms with Gasteiger partial charge >= 0.3 is 0 Å². The number of anilines is 1. The van der Waals surface area contributed by atoms with Crippen LogP contribution in [0.5, 0.6) is 11.5 Å². The predicted molar refractivity (Wildman–Crippen MR) is 148 cm³/mol. The number of nitrogens with zero attached hydrogens (tertiary/aromatic N) is 3. The van der Waals surface area contributed by atoms with Gasteiger partial charge < -0.3 is 14.4 Å². The van der Waals surface area contributed by atoms with Crippen molar-refractivity contribution in [2.45, 2.75) is 31.6 Å². The maximum Gasteiger partial charge on any atom is 0.228 e. The molecule has 0 spiro atoms. The highest BCUT2D eigenvalue weighted by Crippen LogP contribution is 2.40. The standard InChI is InChI=1S/C25H32FN3O5S2.ClH/c1-5-28(6-2)15-16-29(25-27-23-20(33-3)13-14-21(34-4)24(23)35-25)22(30)8-7-17-36(31,32)19-11-9-18(26)10-12-19;/h9-14H,5-8,15-17H2,1-4H3;1H. The van der Waals surface area contributed by atoms with E-state index in [-0.39, 0.29) is 41.8 Å². The molecule has 8 nitrogen and oxygen atoms in total. The zero-order valence-corrected chi connectivity index (χ0v) is 23.8. The van der Waals surface area contributed by atoms with Gasteiger partial charge in [0.05, 0.1) is 24.9 Å². The Bertz CT molecular complexity index is 1240. The van der Waals surface area contributed by atoms with Crippen molar-refractivity contribution in [1.82, 2.24) is 9.88 Å². The SMILES string of the molecule is CCN(CC)CCN(C(=O)CCCS(=O)(=O)c1ccc(F)cc1)c1nc2c(OC)ccc(OC)c2s1.Cl. The number of fused-ring (bicyclic) bond motifs is 1. The largest absolute Gasteiger partial charge is 0.495 e. The zero-order chi connectivity index (χ0) is 26.3. The molecule has 0 saturated heterocycles. The van der Waals surface area contributed by atoms with Gasteiger partial charge in [0.2, 0.25) is 5.91 Å². The van der Waals surface area contributed by atoms with E-state index in [1.165, 1.54) is 23.5 Å². The maximum absolute atomic E-state index is 13.4. The first-order chi connectivity index (χ1) is 17.2. The number of aromatic nitrogens is 1. The van der Waals surface area contributed by atoms with Crippen molar-refractivity contribution in [3.63, 3.8) is 0 Å². The number of carbonyl (C=O) groups excluding carboxylic acids is 1. The Labute approximate surface area is 227 Å². The second-order valence-corrected chi connectivity index (χ2v) is 11.2. The summed E-state index contributed by atoms with van der Waals surface area (Å²) in [5.74, 6) is 0.284. The van der Waals surface area contributed by atoms with E-state index in [9.17, 15) is 17.6 Å². The van der Waals surface area contributed by atoms with Crippen molar-refractivity contribution < 1.29 is 27.1 Å². The molecule has 0 aliphatic carbocycles. The number of carbonyl (C=O) groups is 1. The molecule has 0 unspecified atom stereocenters. The number of halogens is 2. The molecule has 2 aromatic carbocycles. The van der Waals surface area contributed by atoms with Gasteiger partial charge in [0.15, 0.2) is 15.0 Å². The van der Waals surface area contributed by atoms with E-state index in [1.54, 1.807) is 31.3 Å². The number of thiazole rings is 1. The van der Waals surface area contributed by atoms with Crippen molar-refractivity contribution in [2.24, 2.45) is 0 Å². The summed E-state index contributed by atoms with van der Waals surface area (Å²) in [5.41, 5.74) is 0.608. The number of ether oxygens (including phenoxy) is 2. The Morgan fingerprint density at radius 1 is 1.00 bits per heavy atom. The van der Waals surface area contributed by atoms with Gasteiger partial charge in [-0.2, -0.15) is 0 Å². The molecule has 3 aromatic rings. The summed E-state index contributed by atoms with van der Waals surface area (Å²) in [6, 6.07) is 8.28. The van der Waals surface area contributed by atoms with Crippen LogP contribution < -0.4 is 14.4 Å². The lowest BCUT2D eigenvalue weighted by atomic mass is 10.3. The van der Waals surface area contributed by atoms with E-state index < -0.39 is 15.7 Å². The molecule has 37 heavy (non-hydrogen) atoms. The van der Waals surface area contributed by atoms with E-state index in [1.807, 2.05) is 0 Å². The van der Waals surface area contributed by atoms with E-state index in [2.05, 4.69) is 18.7 Å². The molecule has 0 fully saturated rings. The monoisotopic (exact) mass is 573 g/mol. The number of sulfone groups is 1. The predicted octanol–water partition coefficient (Wildman–Crippen LogP) is 4.80. The van der Waals surface area contributed by atoms with Crippen molar-refractivity contribution >= 4 is 54.8 Å². The van der Waals surface area contributed by atoms with Crippen LogP contribution in [0, 0.1) is 5.82 Å².